The van der Waals surface area contributed by atoms with Crippen molar-refractivity contribution >= 4 is 25.8 Å². The fourth-order valence-corrected chi connectivity index (χ4v) is 4.06. The van der Waals surface area contributed by atoms with Gasteiger partial charge in [-0.05, 0) is 52.5 Å². The molecule has 1 aromatic carbocycles. The Morgan fingerprint density at radius 2 is 1.74 bits per heavy atom. The topological polar surface area (TPSA) is 149 Å². The summed E-state index contributed by atoms with van der Waals surface area (Å²) < 4.78 is 33.6. The lowest BCUT2D eigenvalue weighted by Crippen LogP contribution is -2.36. The number of carbonyl (C=O) groups is 3. The van der Waals surface area contributed by atoms with Crippen molar-refractivity contribution in [1.82, 2.24) is 10.6 Å². The summed E-state index contributed by atoms with van der Waals surface area (Å²) in [5.74, 6) is -2.48. The van der Waals surface area contributed by atoms with Gasteiger partial charge in [0.25, 0.3) is 0 Å². The van der Waals surface area contributed by atoms with E-state index in [2.05, 4.69) is 10.6 Å². The summed E-state index contributed by atoms with van der Waals surface area (Å²) in [5, 5.41) is 14.4. The van der Waals surface area contributed by atoms with Crippen LogP contribution in [0, 0.1) is 0 Å². The van der Waals surface area contributed by atoms with Crippen molar-refractivity contribution in [3.8, 4) is 0 Å². The van der Waals surface area contributed by atoms with Crippen LogP contribution >= 0.6 is 7.60 Å². The minimum atomic E-state index is -4.03. The molecule has 0 aromatic heterocycles. The number of unbranched alkanes of at least 4 members (excludes halogenated alkanes) is 1. The molecule has 0 bridgehead atoms. The molecule has 1 aromatic rings. The first-order chi connectivity index (χ1) is 15.9. The van der Waals surface area contributed by atoms with Gasteiger partial charge in [0, 0.05) is 13.7 Å². The number of carboxylic acid groups (broad SMARTS) is 1. The van der Waals surface area contributed by atoms with E-state index in [9.17, 15) is 24.1 Å². The Bertz CT molecular complexity index is 843. The molecule has 3 N–H and O–H groups in total. The zero-order chi connectivity index (χ0) is 25.8. The van der Waals surface area contributed by atoms with Crippen molar-refractivity contribution in [3.63, 3.8) is 0 Å². The summed E-state index contributed by atoms with van der Waals surface area (Å²) in [5.41, 5.74) is 0.148. The maximum absolute atomic E-state index is 13.1. The van der Waals surface area contributed by atoms with Crippen LogP contribution in [0.2, 0.25) is 0 Å². The zero-order valence-corrected chi connectivity index (χ0v) is 21.1. The summed E-state index contributed by atoms with van der Waals surface area (Å²) >= 11 is 0. The molecule has 34 heavy (non-hydrogen) atoms. The van der Waals surface area contributed by atoms with E-state index in [0.717, 1.165) is 12.7 Å². The zero-order valence-electron chi connectivity index (χ0n) is 20.2. The maximum Gasteiger partial charge on any atom is 0.408 e. The predicted molar refractivity (Wildman–Crippen MR) is 124 cm³/mol. The average Bonchev–Trinajstić information content (AvgIpc) is 2.75. The number of hydrogen-bond acceptors (Lipinski definition) is 8. The van der Waals surface area contributed by atoms with Crippen molar-refractivity contribution in [3.05, 3.63) is 35.9 Å². The van der Waals surface area contributed by atoms with Crippen molar-refractivity contribution in [2.24, 2.45) is 0 Å². The summed E-state index contributed by atoms with van der Waals surface area (Å²) in [4.78, 5) is 35.3. The van der Waals surface area contributed by atoms with Gasteiger partial charge in [-0.15, -0.1) is 0 Å². The normalized spacial score (nSPS) is 14.9. The molecule has 1 rings (SSSR count). The van der Waals surface area contributed by atoms with Gasteiger partial charge in [0.2, 0.25) is 0 Å². The van der Waals surface area contributed by atoms with Gasteiger partial charge in [-0.2, -0.15) is 0 Å². The lowest BCUT2D eigenvalue weighted by Gasteiger charge is -2.26. The number of aliphatic carboxylic acids is 1. The minimum absolute atomic E-state index is 0.00656. The van der Waals surface area contributed by atoms with Gasteiger partial charge >= 0.3 is 25.8 Å². The molecule has 3 atom stereocenters. The SMILES string of the molecule is COP(=O)(O[C@@H](CCCCNC(=O)OC(C)(C)C)C(=O)O)[C@H](C)NC(=O)OCc1ccccc1. The first kappa shape index (κ1) is 29.4. The van der Waals surface area contributed by atoms with E-state index in [0.29, 0.717) is 12.8 Å². The summed E-state index contributed by atoms with van der Waals surface area (Å²) in [6.45, 7) is 6.88. The van der Waals surface area contributed by atoms with Crippen LogP contribution in [0.3, 0.4) is 0 Å². The van der Waals surface area contributed by atoms with Gasteiger partial charge in [-0.3, -0.25) is 9.09 Å². The number of carbonyl (C=O) groups excluding carboxylic acids is 2. The number of benzene rings is 1. The Morgan fingerprint density at radius 1 is 1.09 bits per heavy atom. The van der Waals surface area contributed by atoms with Gasteiger partial charge < -0.3 is 29.7 Å². The van der Waals surface area contributed by atoms with E-state index in [4.69, 9.17) is 18.5 Å². The summed E-state index contributed by atoms with van der Waals surface area (Å²) in [6, 6.07) is 8.98. The Kier molecular flexibility index (Phi) is 12.1. The van der Waals surface area contributed by atoms with Crippen molar-refractivity contribution < 1.29 is 42.6 Å². The molecule has 0 spiro atoms. The number of alkyl carbamates (subject to hydrolysis) is 2. The van der Waals surface area contributed by atoms with Crippen LogP contribution in [-0.2, 0) is 34.5 Å². The standard InChI is InChI=1S/C22H35N2O9P/c1-16(24-21(28)31-15-17-11-7-6-8-12-17)34(29,30-5)33-18(19(25)26)13-9-10-14-23-20(27)32-22(2,3)4/h6-8,11-12,16,18H,9-10,13-15H2,1-5H3,(H,23,27)(H,24,28)(H,25,26)/t16-,18+,34?/m1/s1. The molecule has 12 heteroatoms. The highest BCUT2D eigenvalue weighted by molar-refractivity contribution is 7.54. The molecule has 0 heterocycles. The number of carboxylic acids is 1. The fraction of sp³-hybridized carbons (Fsp3) is 0.591. The Balaban J connectivity index is 2.53. The van der Waals surface area contributed by atoms with Crippen LogP contribution in [0.15, 0.2) is 30.3 Å². The van der Waals surface area contributed by atoms with Gasteiger partial charge in [-0.1, -0.05) is 30.3 Å². The van der Waals surface area contributed by atoms with E-state index in [1.807, 2.05) is 6.07 Å². The monoisotopic (exact) mass is 502 g/mol. The van der Waals surface area contributed by atoms with Gasteiger partial charge in [-0.25, -0.2) is 14.4 Å². The largest absolute Gasteiger partial charge is 0.479 e. The highest BCUT2D eigenvalue weighted by atomic mass is 31.2. The van der Waals surface area contributed by atoms with E-state index in [1.165, 1.54) is 6.92 Å². The van der Waals surface area contributed by atoms with E-state index in [1.54, 1.807) is 45.0 Å². The third-order valence-corrected chi connectivity index (χ3v) is 6.51. The number of amides is 2. The second-order valence-electron chi connectivity index (χ2n) is 8.46. The smallest absolute Gasteiger partial charge is 0.408 e. The van der Waals surface area contributed by atoms with Crippen LogP contribution in [-0.4, -0.2) is 54.4 Å². The van der Waals surface area contributed by atoms with Gasteiger partial charge in [0.15, 0.2) is 6.10 Å². The van der Waals surface area contributed by atoms with Crippen LogP contribution in [0.5, 0.6) is 0 Å². The number of rotatable bonds is 13. The van der Waals surface area contributed by atoms with E-state index < -0.39 is 43.2 Å². The third-order valence-electron chi connectivity index (χ3n) is 4.38. The van der Waals surface area contributed by atoms with E-state index >= 15 is 0 Å². The Morgan fingerprint density at radius 3 is 2.29 bits per heavy atom. The van der Waals surface area contributed by atoms with Gasteiger partial charge in [0.1, 0.15) is 18.0 Å². The first-order valence-corrected chi connectivity index (χ1v) is 12.5. The fourth-order valence-electron chi connectivity index (χ4n) is 2.66. The molecule has 0 aliphatic heterocycles. The third kappa shape index (κ3) is 11.5. The quantitative estimate of drug-likeness (QED) is 0.265. The summed E-state index contributed by atoms with van der Waals surface area (Å²) in [7, 11) is -2.92. The molecule has 0 saturated carbocycles. The van der Waals surface area contributed by atoms with Crippen molar-refractivity contribution in [2.45, 2.75) is 71.1 Å². The lowest BCUT2D eigenvalue weighted by atomic mass is 10.1. The number of ether oxygens (including phenoxy) is 2. The number of nitrogens with one attached hydrogen (secondary N) is 2. The van der Waals surface area contributed by atoms with Crippen LogP contribution in [0.25, 0.3) is 0 Å². The van der Waals surface area contributed by atoms with Gasteiger partial charge in [0.05, 0.1) is 0 Å². The first-order valence-electron chi connectivity index (χ1n) is 10.9. The molecule has 0 aliphatic rings. The molecule has 0 fully saturated rings. The Labute approximate surface area is 200 Å². The second-order valence-corrected chi connectivity index (χ2v) is 10.9. The van der Waals surface area contributed by atoms with Crippen molar-refractivity contribution in [1.29, 1.82) is 0 Å². The van der Waals surface area contributed by atoms with E-state index in [-0.39, 0.29) is 19.6 Å². The number of hydrogen-bond donors (Lipinski definition) is 3. The molecular formula is C22H35N2O9P. The maximum atomic E-state index is 13.1. The molecule has 11 nitrogen and oxygen atoms in total. The predicted octanol–water partition coefficient (Wildman–Crippen LogP) is 4.26. The summed E-state index contributed by atoms with van der Waals surface area (Å²) in [6.07, 6.45) is -2.03. The molecular weight excluding hydrogens is 467 g/mol. The highest BCUT2D eigenvalue weighted by Gasteiger charge is 2.38. The van der Waals surface area contributed by atoms with Crippen LogP contribution < -0.4 is 10.6 Å². The molecule has 1 unspecified atom stereocenters. The minimum Gasteiger partial charge on any atom is -0.479 e. The average molecular weight is 503 g/mol. The molecule has 0 saturated heterocycles. The van der Waals surface area contributed by atoms with Crippen LogP contribution in [0.4, 0.5) is 9.59 Å². The highest BCUT2D eigenvalue weighted by Crippen LogP contribution is 2.52. The van der Waals surface area contributed by atoms with Crippen LogP contribution in [0.1, 0.15) is 52.5 Å². The Hall–Kier alpha value is -2.62. The molecule has 0 radical (unpaired) electrons. The molecule has 0 aliphatic carbocycles. The lowest BCUT2D eigenvalue weighted by molar-refractivity contribution is -0.145. The molecule has 2 amide bonds. The molecule has 192 valence electrons. The second kappa shape index (κ2) is 13.9. The van der Waals surface area contributed by atoms with Crippen molar-refractivity contribution in [2.75, 3.05) is 13.7 Å².